The van der Waals surface area contributed by atoms with Crippen LogP contribution in [0.1, 0.15) is 56.5 Å². The molecule has 1 N–H and O–H groups in total. The van der Waals surface area contributed by atoms with Crippen molar-refractivity contribution in [3.63, 3.8) is 0 Å². The highest BCUT2D eigenvalue weighted by molar-refractivity contribution is 6.36. The molecule has 1 aromatic carbocycles. The lowest BCUT2D eigenvalue weighted by Crippen LogP contribution is -2.39. The molecule has 1 saturated heterocycles. The Bertz CT molecular complexity index is 691. The summed E-state index contributed by atoms with van der Waals surface area (Å²) in [6, 6.07) is 7.11. The van der Waals surface area contributed by atoms with Gasteiger partial charge in [0.25, 0.3) is 0 Å². The van der Waals surface area contributed by atoms with E-state index in [1.54, 1.807) is 17.0 Å². The van der Waals surface area contributed by atoms with Gasteiger partial charge in [0.2, 0.25) is 0 Å². The second kappa shape index (κ2) is 8.55. The summed E-state index contributed by atoms with van der Waals surface area (Å²) >= 11 is 0. The average Bonchev–Trinajstić information content (AvgIpc) is 2.90. The van der Waals surface area contributed by atoms with E-state index in [0.29, 0.717) is 24.4 Å². The minimum atomic E-state index is -0.524. The average molecular weight is 374 g/mol. The molecule has 1 heterocycles. The van der Waals surface area contributed by atoms with Gasteiger partial charge in [-0.15, -0.1) is 0 Å². The fraction of sp³-hybridized carbons (Fsp3) is 0.571. The van der Waals surface area contributed by atoms with Crippen LogP contribution in [-0.2, 0) is 20.7 Å². The molecule has 0 saturated carbocycles. The largest absolute Gasteiger partial charge is 0.465 e. The predicted molar refractivity (Wildman–Crippen MR) is 103 cm³/mol. The topological polar surface area (TPSA) is 75.7 Å². The highest BCUT2D eigenvalue weighted by Gasteiger charge is 2.37. The molecule has 0 bridgehead atoms. The Labute approximate surface area is 161 Å². The molecule has 2 amide bonds. The van der Waals surface area contributed by atoms with Crippen molar-refractivity contribution < 1.29 is 19.1 Å². The first-order chi connectivity index (χ1) is 12.6. The number of carbonyl (C=O) groups excluding carboxylic acids is 3. The summed E-state index contributed by atoms with van der Waals surface area (Å²) < 4.78 is 4.69. The number of rotatable bonds is 7. The lowest BCUT2D eigenvalue weighted by Gasteiger charge is -2.30. The molecule has 27 heavy (non-hydrogen) atoms. The van der Waals surface area contributed by atoms with Gasteiger partial charge in [0.1, 0.15) is 6.17 Å². The molecule has 2 unspecified atom stereocenters. The number of nitrogens with zero attached hydrogens (tertiary/aromatic N) is 1. The number of hydrogen-bond donors (Lipinski definition) is 1. The van der Waals surface area contributed by atoms with E-state index < -0.39 is 11.8 Å². The van der Waals surface area contributed by atoms with Gasteiger partial charge in [-0.3, -0.25) is 9.59 Å². The Morgan fingerprint density at radius 2 is 1.85 bits per heavy atom. The standard InChI is InChI=1S/C21H30N2O4/c1-14(21(2,3)4)6-11-17-22-18(24)19(25)23(17)13-12-15-7-9-16(10-8-15)20(26)27-5/h7-10,14,17H,6,11-13H2,1-5H3,(H,22,24). The van der Waals surface area contributed by atoms with E-state index >= 15 is 0 Å². The fourth-order valence-corrected chi connectivity index (χ4v) is 3.06. The number of ether oxygens (including phenoxy) is 1. The van der Waals surface area contributed by atoms with Crippen molar-refractivity contribution in [2.75, 3.05) is 13.7 Å². The first-order valence-electron chi connectivity index (χ1n) is 9.42. The van der Waals surface area contributed by atoms with E-state index in [0.717, 1.165) is 18.4 Å². The molecule has 0 aliphatic carbocycles. The summed E-state index contributed by atoms with van der Waals surface area (Å²) in [5, 5.41) is 2.80. The third-order valence-corrected chi connectivity index (χ3v) is 5.50. The smallest absolute Gasteiger partial charge is 0.337 e. The SMILES string of the molecule is COC(=O)c1ccc(CCN2C(=O)C(=O)NC2CCC(C)C(C)(C)C)cc1. The van der Waals surface area contributed by atoms with Crippen LogP contribution in [0.5, 0.6) is 0 Å². The van der Waals surface area contributed by atoms with Gasteiger partial charge >= 0.3 is 17.8 Å². The molecular weight excluding hydrogens is 344 g/mol. The lowest BCUT2D eigenvalue weighted by atomic mass is 9.79. The van der Waals surface area contributed by atoms with E-state index in [-0.39, 0.29) is 17.6 Å². The van der Waals surface area contributed by atoms with Crippen molar-refractivity contribution in [2.45, 2.75) is 53.1 Å². The van der Waals surface area contributed by atoms with Crippen LogP contribution in [-0.4, -0.2) is 42.5 Å². The van der Waals surface area contributed by atoms with Crippen molar-refractivity contribution in [3.05, 3.63) is 35.4 Å². The van der Waals surface area contributed by atoms with Crippen molar-refractivity contribution in [3.8, 4) is 0 Å². The maximum absolute atomic E-state index is 12.2. The van der Waals surface area contributed by atoms with Crippen LogP contribution in [0, 0.1) is 11.3 Å². The first-order valence-corrected chi connectivity index (χ1v) is 9.42. The molecule has 1 aliphatic heterocycles. The molecule has 6 nitrogen and oxygen atoms in total. The van der Waals surface area contributed by atoms with Crippen LogP contribution in [0.2, 0.25) is 0 Å². The Hall–Kier alpha value is -2.37. The molecular formula is C21H30N2O4. The number of benzene rings is 1. The number of methoxy groups -OCH3 is 1. The Kier molecular flexibility index (Phi) is 6.63. The van der Waals surface area contributed by atoms with E-state index in [2.05, 4.69) is 37.7 Å². The summed E-state index contributed by atoms with van der Waals surface area (Å²) in [7, 11) is 1.35. The Morgan fingerprint density at radius 3 is 2.41 bits per heavy atom. The predicted octanol–water partition coefficient (Wildman–Crippen LogP) is 2.76. The minimum absolute atomic E-state index is 0.193. The normalized spacial score (nSPS) is 18.4. The summed E-state index contributed by atoms with van der Waals surface area (Å²) in [5.74, 6) is -0.879. The van der Waals surface area contributed by atoms with Gasteiger partial charge < -0.3 is 15.0 Å². The molecule has 2 rings (SSSR count). The summed E-state index contributed by atoms with van der Waals surface area (Å²) in [4.78, 5) is 37.2. The van der Waals surface area contributed by atoms with Gasteiger partial charge in [-0.05, 0) is 48.3 Å². The number of carbonyl (C=O) groups is 3. The van der Waals surface area contributed by atoms with Crippen LogP contribution in [0.3, 0.4) is 0 Å². The van der Waals surface area contributed by atoms with Crippen LogP contribution < -0.4 is 5.32 Å². The number of amides is 2. The van der Waals surface area contributed by atoms with Gasteiger partial charge in [-0.2, -0.15) is 0 Å². The van der Waals surface area contributed by atoms with Crippen molar-refractivity contribution in [2.24, 2.45) is 11.3 Å². The number of esters is 1. The zero-order valence-corrected chi connectivity index (χ0v) is 16.9. The first kappa shape index (κ1) is 20.9. The Balaban J connectivity index is 1.96. The highest BCUT2D eigenvalue weighted by atomic mass is 16.5. The van der Waals surface area contributed by atoms with E-state index in [1.165, 1.54) is 7.11 Å². The number of hydrogen-bond acceptors (Lipinski definition) is 4. The third kappa shape index (κ3) is 5.31. The second-order valence-electron chi connectivity index (χ2n) is 8.27. The number of nitrogens with one attached hydrogen (secondary N) is 1. The quantitative estimate of drug-likeness (QED) is 0.588. The molecule has 148 valence electrons. The fourth-order valence-electron chi connectivity index (χ4n) is 3.06. The molecule has 2 atom stereocenters. The van der Waals surface area contributed by atoms with E-state index in [1.807, 2.05) is 12.1 Å². The highest BCUT2D eigenvalue weighted by Crippen LogP contribution is 2.30. The third-order valence-electron chi connectivity index (χ3n) is 5.50. The molecule has 1 aromatic rings. The van der Waals surface area contributed by atoms with Gasteiger partial charge in [-0.25, -0.2) is 4.79 Å². The van der Waals surface area contributed by atoms with E-state index in [9.17, 15) is 14.4 Å². The van der Waals surface area contributed by atoms with Gasteiger partial charge in [0, 0.05) is 6.54 Å². The maximum atomic E-state index is 12.2. The van der Waals surface area contributed by atoms with Crippen molar-refractivity contribution >= 4 is 17.8 Å². The molecule has 0 spiro atoms. The van der Waals surface area contributed by atoms with Gasteiger partial charge in [0.05, 0.1) is 12.7 Å². The van der Waals surface area contributed by atoms with Gasteiger partial charge in [-0.1, -0.05) is 39.8 Å². The lowest BCUT2D eigenvalue weighted by molar-refractivity contribution is -0.140. The van der Waals surface area contributed by atoms with Crippen molar-refractivity contribution in [1.82, 2.24) is 10.2 Å². The second-order valence-corrected chi connectivity index (χ2v) is 8.27. The van der Waals surface area contributed by atoms with Crippen LogP contribution in [0.25, 0.3) is 0 Å². The van der Waals surface area contributed by atoms with Gasteiger partial charge in [0.15, 0.2) is 0 Å². The summed E-state index contributed by atoms with van der Waals surface area (Å²) in [6.45, 7) is 9.26. The molecule has 1 fully saturated rings. The molecule has 0 radical (unpaired) electrons. The monoisotopic (exact) mass is 374 g/mol. The van der Waals surface area contributed by atoms with Crippen molar-refractivity contribution in [1.29, 1.82) is 0 Å². The summed E-state index contributed by atoms with van der Waals surface area (Å²) in [5.41, 5.74) is 1.68. The van der Waals surface area contributed by atoms with Crippen LogP contribution in [0.4, 0.5) is 0 Å². The molecule has 0 aromatic heterocycles. The van der Waals surface area contributed by atoms with Crippen LogP contribution in [0.15, 0.2) is 24.3 Å². The van der Waals surface area contributed by atoms with Crippen LogP contribution >= 0.6 is 0 Å². The summed E-state index contributed by atoms with van der Waals surface area (Å²) in [6.07, 6.45) is 2.06. The molecule has 1 aliphatic rings. The maximum Gasteiger partial charge on any atom is 0.337 e. The van der Waals surface area contributed by atoms with E-state index in [4.69, 9.17) is 0 Å². The minimum Gasteiger partial charge on any atom is -0.465 e. The Morgan fingerprint density at radius 1 is 1.22 bits per heavy atom. The zero-order chi connectivity index (χ0) is 20.2. The zero-order valence-electron chi connectivity index (χ0n) is 16.9. The molecule has 6 heteroatoms.